The third-order valence-corrected chi connectivity index (χ3v) is 6.34. The van der Waals surface area contributed by atoms with Gasteiger partial charge in [0.2, 0.25) is 0 Å². The van der Waals surface area contributed by atoms with Gasteiger partial charge in [-0.15, -0.1) is 0 Å². The van der Waals surface area contributed by atoms with Crippen LogP contribution in [0.25, 0.3) is 5.70 Å². The van der Waals surface area contributed by atoms with E-state index < -0.39 is 0 Å². The van der Waals surface area contributed by atoms with E-state index in [2.05, 4.69) is 99.7 Å². The zero-order valence-electron chi connectivity index (χ0n) is 23.6. The van der Waals surface area contributed by atoms with Gasteiger partial charge in [-0.05, 0) is 81.8 Å². The molecule has 0 saturated heterocycles. The summed E-state index contributed by atoms with van der Waals surface area (Å²) in [5.41, 5.74) is 9.92. The van der Waals surface area contributed by atoms with E-state index in [1.165, 1.54) is 22.4 Å². The minimum Gasteiger partial charge on any atom is -0.372 e. The molecular weight excluding hydrogens is 440 g/mol. The van der Waals surface area contributed by atoms with Crippen molar-refractivity contribution in [3.8, 4) is 0 Å². The molecule has 0 fully saturated rings. The van der Waals surface area contributed by atoms with Gasteiger partial charge < -0.3 is 15.5 Å². The maximum atomic E-state index is 4.77. The highest BCUT2D eigenvalue weighted by Crippen LogP contribution is 2.26. The molecule has 0 bridgehead atoms. The van der Waals surface area contributed by atoms with Crippen molar-refractivity contribution in [2.75, 3.05) is 23.3 Å². The molecule has 0 amide bonds. The molecule has 2 aromatic rings. The molecule has 0 aliphatic heterocycles. The van der Waals surface area contributed by atoms with Crippen LogP contribution in [-0.4, -0.2) is 18.8 Å². The fraction of sp³-hybridized carbons (Fsp3) is 0.406. The fourth-order valence-corrected chi connectivity index (χ4v) is 4.43. The average molecular weight is 487 g/mol. The first kappa shape index (κ1) is 29.0. The third-order valence-electron chi connectivity index (χ3n) is 6.34. The van der Waals surface area contributed by atoms with Crippen LogP contribution in [0.5, 0.6) is 0 Å². The van der Waals surface area contributed by atoms with E-state index in [9.17, 15) is 0 Å². The number of nitrogens with one attached hydrogen (secondary N) is 2. The van der Waals surface area contributed by atoms with Crippen molar-refractivity contribution < 1.29 is 0 Å². The summed E-state index contributed by atoms with van der Waals surface area (Å²) >= 11 is 0. The molecule has 0 aliphatic carbocycles. The number of nitrogens with zero attached hydrogens (tertiary/aromatic N) is 2. The van der Waals surface area contributed by atoms with Gasteiger partial charge in [-0.3, -0.25) is 0 Å². The number of hydrogen-bond acceptors (Lipinski definition) is 4. The summed E-state index contributed by atoms with van der Waals surface area (Å²) in [5, 5.41) is 6.92. The van der Waals surface area contributed by atoms with Crippen LogP contribution in [0.3, 0.4) is 0 Å². The lowest BCUT2D eigenvalue weighted by molar-refractivity contribution is 0.744. The van der Waals surface area contributed by atoms with Gasteiger partial charge in [0.05, 0.1) is 11.4 Å². The predicted molar refractivity (Wildman–Crippen MR) is 161 cm³/mol. The van der Waals surface area contributed by atoms with Gasteiger partial charge in [0.1, 0.15) is 5.82 Å². The Labute approximate surface area is 219 Å². The van der Waals surface area contributed by atoms with Crippen LogP contribution >= 0.6 is 0 Å². The topological polar surface area (TPSA) is 39.7 Å². The Balaban J connectivity index is 2.18. The Morgan fingerprint density at radius 3 is 2.19 bits per heavy atom. The highest BCUT2D eigenvalue weighted by atomic mass is 15.1. The fourth-order valence-electron chi connectivity index (χ4n) is 4.43. The van der Waals surface area contributed by atoms with Gasteiger partial charge in [-0.1, -0.05) is 64.6 Å². The lowest BCUT2D eigenvalue weighted by Gasteiger charge is -2.25. The van der Waals surface area contributed by atoms with E-state index in [0.717, 1.165) is 67.1 Å². The van der Waals surface area contributed by atoms with Gasteiger partial charge in [0.15, 0.2) is 0 Å². The minimum atomic E-state index is 0.616. The Hall–Kier alpha value is -3.27. The van der Waals surface area contributed by atoms with Crippen LogP contribution in [0.1, 0.15) is 76.6 Å². The number of rotatable bonds is 14. The summed E-state index contributed by atoms with van der Waals surface area (Å²) in [5.74, 6) is 0.616. The molecule has 2 rings (SSSR count). The molecule has 2 aromatic carbocycles. The molecule has 0 radical (unpaired) electrons. The number of aliphatic imine (C=N–C) groups is 1. The van der Waals surface area contributed by atoms with Crippen LogP contribution in [-0.2, 0) is 12.8 Å². The first-order valence-corrected chi connectivity index (χ1v) is 13.4. The molecule has 0 unspecified atom stereocenters. The van der Waals surface area contributed by atoms with Crippen LogP contribution in [0.15, 0.2) is 72.1 Å². The molecule has 2 N–H and O–H groups in total. The van der Waals surface area contributed by atoms with Crippen LogP contribution in [0.4, 0.5) is 11.4 Å². The smallest absolute Gasteiger partial charge is 0.123 e. The number of anilines is 2. The standard InChI is InChI=1S/C32H46N4/c1-10-19-36(20-11-2)29-17-18-32(28(13-4)22-29)35-26(9)33-25(8)31(14-5)34-24(7)30-21-23(6)15-16-27(30)12-3/h14-18,21-22,34-35H,7,9-13,19-20H2,1-6,8H3/b31-14+,33-25-. The first-order valence-electron chi connectivity index (χ1n) is 13.4. The Kier molecular flexibility index (Phi) is 11.5. The van der Waals surface area contributed by atoms with E-state index in [1.807, 2.05) is 19.9 Å². The van der Waals surface area contributed by atoms with Crippen LogP contribution in [0, 0.1) is 6.92 Å². The zero-order chi connectivity index (χ0) is 26.7. The number of hydrogen-bond donors (Lipinski definition) is 2. The molecule has 0 saturated carbocycles. The Bertz CT molecular complexity index is 1100. The van der Waals surface area contributed by atoms with Crippen molar-refractivity contribution in [2.24, 2.45) is 4.99 Å². The zero-order valence-corrected chi connectivity index (χ0v) is 23.6. The summed E-state index contributed by atoms with van der Waals surface area (Å²) in [6.07, 6.45) is 6.22. The molecular formula is C32H46N4. The Morgan fingerprint density at radius 1 is 0.944 bits per heavy atom. The van der Waals surface area contributed by atoms with Crippen LogP contribution in [0.2, 0.25) is 0 Å². The normalized spacial score (nSPS) is 11.9. The lowest BCUT2D eigenvalue weighted by Crippen LogP contribution is -2.25. The van der Waals surface area contributed by atoms with E-state index in [1.54, 1.807) is 0 Å². The molecule has 4 nitrogen and oxygen atoms in total. The second-order valence-corrected chi connectivity index (χ2v) is 9.27. The van der Waals surface area contributed by atoms with Gasteiger partial charge >= 0.3 is 0 Å². The molecule has 0 heterocycles. The highest BCUT2D eigenvalue weighted by molar-refractivity contribution is 5.99. The van der Waals surface area contributed by atoms with E-state index >= 15 is 0 Å². The second-order valence-electron chi connectivity index (χ2n) is 9.27. The average Bonchev–Trinajstić information content (AvgIpc) is 2.87. The summed E-state index contributed by atoms with van der Waals surface area (Å²) in [4.78, 5) is 7.24. The molecule has 0 aliphatic rings. The SMILES string of the molecule is C=C(/N=C(C)\C(=C/C)NC(=C)c1cc(C)ccc1CC)Nc1ccc(N(CCC)CCC)cc1CC. The summed E-state index contributed by atoms with van der Waals surface area (Å²) in [6, 6.07) is 13.2. The largest absolute Gasteiger partial charge is 0.372 e. The monoisotopic (exact) mass is 486 g/mol. The van der Waals surface area contributed by atoms with Crippen LogP contribution < -0.4 is 15.5 Å². The van der Waals surface area contributed by atoms with Gasteiger partial charge in [0.25, 0.3) is 0 Å². The molecule has 194 valence electrons. The maximum Gasteiger partial charge on any atom is 0.123 e. The molecule has 36 heavy (non-hydrogen) atoms. The number of allylic oxidation sites excluding steroid dienone is 2. The predicted octanol–water partition coefficient (Wildman–Crippen LogP) is 8.25. The van der Waals surface area contributed by atoms with Crippen molar-refractivity contribution in [1.29, 1.82) is 0 Å². The van der Waals surface area contributed by atoms with Crippen molar-refractivity contribution in [2.45, 2.75) is 74.1 Å². The second kappa shape index (κ2) is 14.3. The van der Waals surface area contributed by atoms with Crippen molar-refractivity contribution >= 4 is 22.8 Å². The highest BCUT2D eigenvalue weighted by Gasteiger charge is 2.11. The minimum absolute atomic E-state index is 0.616. The van der Waals surface area contributed by atoms with Crippen molar-refractivity contribution in [1.82, 2.24) is 5.32 Å². The lowest BCUT2D eigenvalue weighted by atomic mass is 10.00. The molecule has 0 spiro atoms. The van der Waals surface area contributed by atoms with E-state index in [-0.39, 0.29) is 0 Å². The molecule has 4 heteroatoms. The van der Waals surface area contributed by atoms with Crippen molar-refractivity contribution in [3.63, 3.8) is 0 Å². The molecule has 0 atom stereocenters. The quantitative estimate of drug-likeness (QED) is 0.264. The van der Waals surface area contributed by atoms with Gasteiger partial charge in [-0.25, -0.2) is 4.99 Å². The summed E-state index contributed by atoms with van der Waals surface area (Å²) in [6.45, 7) is 25.6. The maximum absolute atomic E-state index is 4.77. The third kappa shape index (κ3) is 7.87. The first-order chi connectivity index (χ1) is 17.3. The van der Waals surface area contributed by atoms with Gasteiger partial charge in [-0.2, -0.15) is 0 Å². The van der Waals surface area contributed by atoms with Crippen molar-refractivity contribution in [3.05, 3.63) is 89.4 Å². The molecule has 0 aromatic heterocycles. The van der Waals surface area contributed by atoms with E-state index in [4.69, 9.17) is 4.99 Å². The van der Waals surface area contributed by atoms with Gasteiger partial charge in [0, 0.05) is 35.7 Å². The van der Waals surface area contributed by atoms with E-state index in [0.29, 0.717) is 5.82 Å². The Morgan fingerprint density at radius 2 is 1.61 bits per heavy atom. The summed E-state index contributed by atoms with van der Waals surface area (Å²) < 4.78 is 0. The number of benzene rings is 2. The number of aryl methyl sites for hydroxylation is 3. The summed E-state index contributed by atoms with van der Waals surface area (Å²) in [7, 11) is 0.